The van der Waals surface area contributed by atoms with Crippen molar-refractivity contribution in [2.24, 2.45) is 0 Å². The standard InChI is InChI=1S/C12H17N3O4/c1-14(12(16)9-13-7-8-19-2)10-3-5-11(6-4-10)15(17)18/h3-6,13H,7-9H2,1-2H3. The molecular weight excluding hydrogens is 250 g/mol. The lowest BCUT2D eigenvalue weighted by Crippen LogP contribution is -2.36. The molecule has 0 aromatic heterocycles. The molecule has 0 saturated heterocycles. The van der Waals surface area contributed by atoms with Crippen LogP contribution in [0.3, 0.4) is 0 Å². The average Bonchev–Trinajstić information content (AvgIpc) is 2.42. The molecule has 0 heterocycles. The van der Waals surface area contributed by atoms with Crippen LogP contribution in [0.2, 0.25) is 0 Å². The van der Waals surface area contributed by atoms with Crippen LogP contribution in [0.5, 0.6) is 0 Å². The van der Waals surface area contributed by atoms with E-state index < -0.39 is 4.92 Å². The Morgan fingerprint density at radius 3 is 2.58 bits per heavy atom. The van der Waals surface area contributed by atoms with E-state index in [1.807, 2.05) is 0 Å². The number of hydrogen-bond acceptors (Lipinski definition) is 5. The summed E-state index contributed by atoms with van der Waals surface area (Å²) in [6.45, 7) is 1.32. The van der Waals surface area contributed by atoms with Crippen LogP contribution >= 0.6 is 0 Å². The van der Waals surface area contributed by atoms with E-state index in [-0.39, 0.29) is 18.1 Å². The van der Waals surface area contributed by atoms with E-state index in [1.54, 1.807) is 26.3 Å². The molecule has 0 radical (unpaired) electrons. The predicted octanol–water partition coefficient (Wildman–Crippen LogP) is 0.794. The zero-order valence-electron chi connectivity index (χ0n) is 11.0. The van der Waals surface area contributed by atoms with Crippen molar-refractivity contribution >= 4 is 17.3 Å². The minimum Gasteiger partial charge on any atom is -0.383 e. The van der Waals surface area contributed by atoms with Crippen LogP contribution in [0.1, 0.15) is 0 Å². The molecule has 1 amide bonds. The second-order valence-electron chi connectivity index (χ2n) is 3.90. The number of rotatable bonds is 7. The van der Waals surface area contributed by atoms with Gasteiger partial charge in [0, 0.05) is 38.5 Å². The maximum atomic E-state index is 11.8. The lowest BCUT2D eigenvalue weighted by atomic mass is 10.2. The van der Waals surface area contributed by atoms with Crippen LogP contribution in [0.15, 0.2) is 24.3 Å². The van der Waals surface area contributed by atoms with Gasteiger partial charge in [-0.15, -0.1) is 0 Å². The van der Waals surface area contributed by atoms with Crippen molar-refractivity contribution < 1.29 is 14.5 Å². The molecule has 1 N–H and O–H groups in total. The van der Waals surface area contributed by atoms with E-state index >= 15 is 0 Å². The molecule has 0 unspecified atom stereocenters. The van der Waals surface area contributed by atoms with Crippen molar-refractivity contribution in [3.63, 3.8) is 0 Å². The zero-order valence-corrected chi connectivity index (χ0v) is 11.0. The highest BCUT2D eigenvalue weighted by Crippen LogP contribution is 2.18. The summed E-state index contributed by atoms with van der Waals surface area (Å²) in [5, 5.41) is 13.5. The van der Waals surface area contributed by atoms with Crippen LogP contribution < -0.4 is 10.2 Å². The van der Waals surface area contributed by atoms with Gasteiger partial charge in [0.05, 0.1) is 18.1 Å². The summed E-state index contributed by atoms with van der Waals surface area (Å²) in [6, 6.07) is 5.84. The Bertz CT molecular complexity index is 433. The number of nitrogens with one attached hydrogen (secondary N) is 1. The molecule has 1 aromatic rings. The Labute approximate surface area is 111 Å². The Balaban J connectivity index is 2.54. The number of hydrogen-bond donors (Lipinski definition) is 1. The quantitative estimate of drug-likeness (QED) is 0.448. The van der Waals surface area contributed by atoms with E-state index in [1.165, 1.54) is 17.0 Å². The van der Waals surface area contributed by atoms with E-state index in [0.29, 0.717) is 18.8 Å². The van der Waals surface area contributed by atoms with Gasteiger partial charge in [0.2, 0.25) is 5.91 Å². The van der Waals surface area contributed by atoms with Gasteiger partial charge in [-0.2, -0.15) is 0 Å². The van der Waals surface area contributed by atoms with Crippen molar-refractivity contribution in [2.45, 2.75) is 0 Å². The molecule has 7 nitrogen and oxygen atoms in total. The molecule has 0 aliphatic rings. The van der Waals surface area contributed by atoms with Crippen LogP contribution in [0, 0.1) is 10.1 Å². The van der Waals surface area contributed by atoms with E-state index in [0.717, 1.165) is 0 Å². The monoisotopic (exact) mass is 267 g/mol. The summed E-state index contributed by atoms with van der Waals surface area (Å²) < 4.78 is 4.85. The fraction of sp³-hybridized carbons (Fsp3) is 0.417. The zero-order chi connectivity index (χ0) is 14.3. The Hall–Kier alpha value is -1.99. The number of nitrogens with zero attached hydrogens (tertiary/aromatic N) is 2. The highest BCUT2D eigenvalue weighted by molar-refractivity contribution is 5.94. The first-order valence-corrected chi connectivity index (χ1v) is 5.77. The lowest BCUT2D eigenvalue weighted by Gasteiger charge is -2.17. The van der Waals surface area contributed by atoms with Gasteiger partial charge < -0.3 is 15.0 Å². The van der Waals surface area contributed by atoms with Crippen LogP contribution in [0.25, 0.3) is 0 Å². The topological polar surface area (TPSA) is 84.7 Å². The second kappa shape index (κ2) is 7.45. The van der Waals surface area contributed by atoms with E-state index in [2.05, 4.69) is 5.32 Å². The first kappa shape index (κ1) is 15.1. The number of carbonyl (C=O) groups excluding carboxylic acids is 1. The number of likely N-dealkylation sites (N-methyl/N-ethyl adjacent to an activating group) is 1. The smallest absolute Gasteiger partial charge is 0.269 e. The fourth-order valence-corrected chi connectivity index (χ4v) is 1.43. The number of nitro benzene ring substituents is 1. The summed E-state index contributed by atoms with van der Waals surface area (Å²) in [6.07, 6.45) is 0. The van der Waals surface area contributed by atoms with Crippen molar-refractivity contribution in [3.05, 3.63) is 34.4 Å². The molecule has 0 spiro atoms. The molecule has 1 aromatic carbocycles. The third-order valence-electron chi connectivity index (χ3n) is 2.58. The number of nitro groups is 1. The normalized spacial score (nSPS) is 10.2. The molecule has 7 heteroatoms. The van der Waals surface area contributed by atoms with Gasteiger partial charge in [-0.25, -0.2) is 0 Å². The largest absolute Gasteiger partial charge is 0.383 e. The number of anilines is 1. The first-order chi connectivity index (χ1) is 9.06. The molecule has 0 atom stereocenters. The minimum absolute atomic E-state index is 0.00261. The molecule has 19 heavy (non-hydrogen) atoms. The van der Waals surface area contributed by atoms with E-state index in [4.69, 9.17) is 4.74 Å². The third kappa shape index (κ3) is 4.65. The molecule has 0 fully saturated rings. The number of carbonyl (C=O) groups is 1. The van der Waals surface area contributed by atoms with Gasteiger partial charge in [0.25, 0.3) is 5.69 Å². The number of non-ortho nitro benzene ring substituents is 1. The fourth-order valence-electron chi connectivity index (χ4n) is 1.43. The molecule has 0 aliphatic carbocycles. The molecule has 104 valence electrons. The number of ether oxygens (including phenoxy) is 1. The third-order valence-corrected chi connectivity index (χ3v) is 2.58. The SMILES string of the molecule is COCCNCC(=O)N(C)c1ccc([N+](=O)[O-])cc1. The summed E-state index contributed by atoms with van der Waals surface area (Å²) in [4.78, 5) is 23.3. The van der Waals surface area contributed by atoms with Crippen molar-refractivity contribution in [2.75, 3.05) is 38.8 Å². The maximum Gasteiger partial charge on any atom is 0.269 e. The Kier molecular flexibility index (Phi) is 5.91. The summed E-state index contributed by atoms with van der Waals surface area (Å²) in [5.41, 5.74) is 0.618. The average molecular weight is 267 g/mol. The van der Waals surface area contributed by atoms with Gasteiger partial charge in [-0.1, -0.05) is 0 Å². The predicted molar refractivity (Wildman–Crippen MR) is 71.3 cm³/mol. The second-order valence-corrected chi connectivity index (χ2v) is 3.90. The molecule has 0 saturated carbocycles. The van der Waals surface area contributed by atoms with Gasteiger partial charge in [0.1, 0.15) is 0 Å². The van der Waals surface area contributed by atoms with Gasteiger partial charge in [0.15, 0.2) is 0 Å². The van der Waals surface area contributed by atoms with Crippen molar-refractivity contribution in [3.8, 4) is 0 Å². The molecule has 1 rings (SSSR count). The van der Waals surface area contributed by atoms with Gasteiger partial charge in [-0.05, 0) is 12.1 Å². The molecule has 0 aliphatic heterocycles. The molecular formula is C12H17N3O4. The Morgan fingerprint density at radius 2 is 2.05 bits per heavy atom. The van der Waals surface area contributed by atoms with Crippen molar-refractivity contribution in [1.82, 2.24) is 5.32 Å². The van der Waals surface area contributed by atoms with E-state index in [9.17, 15) is 14.9 Å². The Morgan fingerprint density at radius 1 is 1.42 bits per heavy atom. The van der Waals surface area contributed by atoms with Crippen LogP contribution in [-0.2, 0) is 9.53 Å². The number of benzene rings is 1. The van der Waals surface area contributed by atoms with Crippen LogP contribution in [0.4, 0.5) is 11.4 Å². The highest BCUT2D eigenvalue weighted by atomic mass is 16.6. The van der Waals surface area contributed by atoms with Gasteiger partial charge >= 0.3 is 0 Å². The lowest BCUT2D eigenvalue weighted by molar-refractivity contribution is -0.384. The summed E-state index contributed by atoms with van der Waals surface area (Å²) >= 11 is 0. The molecule has 0 bridgehead atoms. The minimum atomic E-state index is -0.474. The number of methoxy groups -OCH3 is 1. The first-order valence-electron chi connectivity index (χ1n) is 5.77. The summed E-state index contributed by atoms with van der Waals surface area (Å²) in [7, 11) is 3.22. The van der Waals surface area contributed by atoms with Crippen molar-refractivity contribution in [1.29, 1.82) is 0 Å². The maximum absolute atomic E-state index is 11.8. The van der Waals surface area contributed by atoms with Crippen LogP contribution in [-0.4, -0.2) is 44.7 Å². The van der Waals surface area contributed by atoms with Gasteiger partial charge in [-0.3, -0.25) is 14.9 Å². The summed E-state index contributed by atoms with van der Waals surface area (Å²) in [5.74, 6) is -0.120. The number of amides is 1. The highest BCUT2D eigenvalue weighted by Gasteiger charge is 2.12.